The van der Waals surface area contributed by atoms with E-state index in [1.165, 1.54) is 24.6 Å². The van der Waals surface area contributed by atoms with Crippen LogP contribution in [0.5, 0.6) is 0 Å². The number of carboxylic acid groups (broad SMARTS) is 1. The van der Waals surface area contributed by atoms with Crippen LogP contribution in [0.2, 0.25) is 0 Å². The average Bonchev–Trinajstić information content (AvgIpc) is 2.36. The molecule has 1 aromatic rings. The molecule has 0 spiro atoms. The quantitative estimate of drug-likeness (QED) is 0.675. The normalized spacial score (nSPS) is 13.4. The Morgan fingerprint density at radius 2 is 2.20 bits per heavy atom. The van der Waals surface area contributed by atoms with Crippen molar-refractivity contribution < 1.29 is 22.5 Å². The first-order chi connectivity index (χ1) is 9.31. The van der Waals surface area contributed by atoms with Gasteiger partial charge in [-0.2, -0.15) is 0 Å². The Kier molecular flexibility index (Phi) is 5.99. The van der Waals surface area contributed by atoms with Crippen molar-refractivity contribution in [3.05, 3.63) is 30.1 Å². The number of rotatable bonds is 7. The van der Waals surface area contributed by atoms with Gasteiger partial charge in [-0.15, -0.1) is 0 Å². The van der Waals surface area contributed by atoms with E-state index in [1.54, 1.807) is 0 Å². The molecule has 9 heteroatoms. The summed E-state index contributed by atoms with van der Waals surface area (Å²) in [5.41, 5.74) is 0.356. The molecule has 0 fully saturated rings. The summed E-state index contributed by atoms with van der Waals surface area (Å²) in [7, 11) is -4.83. The van der Waals surface area contributed by atoms with Gasteiger partial charge in [0.25, 0.3) is 0 Å². The van der Waals surface area contributed by atoms with E-state index in [0.29, 0.717) is 5.56 Å². The molecule has 1 aromatic heterocycles. The Balaban J connectivity index is 2.87. The van der Waals surface area contributed by atoms with E-state index in [-0.39, 0.29) is 17.2 Å². The van der Waals surface area contributed by atoms with E-state index in [1.807, 2.05) is 0 Å². The molecule has 2 N–H and O–H groups in total. The van der Waals surface area contributed by atoms with Crippen LogP contribution in [0.1, 0.15) is 5.56 Å². The lowest BCUT2D eigenvalue weighted by atomic mass is 10.2. The van der Waals surface area contributed by atoms with E-state index in [0.717, 1.165) is 12.3 Å². The van der Waals surface area contributed by atoms with Crippen LogP contribution in [-0.4, -0.2) is 47.2 Å². The van der Waals surface area contributed by atoms with E-state index in [4.69, 9.17) is 5.11 Å². The molecule has 1 rings (SSSR count). The molecule has 0 amide bonds. The molecule has 0 aromatic carbocycles. The Morgan fingerprint density at radius 3 is 2.80 bits per heavy atom. The van der Waals surface area contributed by atoms with Crippen LogP contribution >= 0.6 is 0 Å². The molecule has 0 saturated heterocycles. The number of hydrogen-bond donors (Lipinski definition) is 2. The number of pyridine rings is 1. The monoisotopic (exact) mass is 318 g/mol. The Morgan fingerprint density at radius 1 is 1.50 bits per heavy atom. The molecule has 0 aliphatic heterocycles. The summed E-state index contributed by atoms with van der Waals surface area (Å²) in [6.07, 6.45) is 6.12. The van der Waals surface area contributed by atoms with Crippen molar-refractivity contribution in [1.29, 1.82) is 0 Å². The van der Waals surface area contributed by atoms with Gasteiger partial charge in [-0.05, 0) is 17.7 Å². The first kappa shape index (κ1) is 16.5. The summed E-state index contributed by atoms with van der Waals surface area (Å²) in [5, 5.41) is 8.51. The molecular weight excluding hydrogens is 304 g/mol. The largest absolute Gasteiger partial charge is 0.478 e. The smallest absolute Gasteiger partial charge is 0.328 e. The van der Waals surface area contributed by atoms with Crippen molar-refractivity contribution in [2.45, 2.75) is 4.90 Å². The van der Waals surface area contributed by atoms with Crippen molar-refractivity contribution in [2.24, 2.45) is 0 Å². The van der Waals surface area contributed by atoms with Crippen molar-refractivity contribution in [3.8, 4) is 0 Å². The van der Waals surface area contributed by atoms with Crippen molar-refractivity contribution in [1.82, 2.24) is 9.71 Å². The molecule has 1 unspecified atom stereocenters. The number of sulfonamides is 1. The van der Waals surface area contributed by atoms with Crippen LogP contribution in [0.15, 0.2) is 29.4 Å². The van der Waals surface area contributed by atoms with Gasteiger partial charge >= 0.3 is 5.97 Å². The molecule has 0 aliphatic carbocycles. The minimum atomic E-state index is -3.75. The van der Waals surface area contributed by atoms with Crippen molar-refractivity contribution >= 4 is 32.9 Å². The number of aliphatic carboxylic acids is 1. The van der Waals surface area contributed by atoms with Gasteiger partial charge in [0.1, 0.15) is 4.90 Å². The Bertz CT molecular complexity index is 640. The number of nitrogens with zero attached hydrogens (tertiary/aromatic N) is 1. The first-order valence-electron chi connectivity index (χ1n) is 5.47. The summed E-state index contributed by atoms with van der Waals surface area (Å²) in [5.74, 6) is -0.924. The summed E-state index contributed by atoms with van der Waals surface area (Å²) < 4.78 is 37.0. The average molecular weight is 318 g/mol. The highest BCUT2D eigenvalue weighted by Crippen LogP contribution is 2.10. The maximum Gasteiger partial charge on any atom is 0.328 e. The van der Waals surface area contributed by atoms with Crippen LogP contribution in [0.4, 0.5) is 0 Å². The minimum Gasteiger partial charge on any atom is -0.478 e. The molecule has 20 heavy (non-hydrogen) atoms. The van der Waals surface area contributed by atoms with Crippen LogP contribution < -0.4 is 4.72 Å². The number of carboxylic acids is 1. The van der Waals surface area contributed by atoms with Gasteiger partial charge in [-0.1, -0.05) is 0 Å². The lowest BCUT2D eigenvalue weighted by molar-refractivity contribution is -0.131. The number of carbonyl (C=O) groups is 1. The first-order valence-corrected chi connectivity index (χ1v) is 8.68. The SMILES string of the molecule is CS(=O)CCNS(=O)(=O)c1cncc(/C=C/C(=O)O)c1. The number of nitrogens with one attached hydrogen (secondary N) is 1. The predicted octanol–water partition coefficient (Wildman–Crippen LogP) is -0.164. The Labute approximate surface area is 119 Å². The third-order valence-corrected chi connectivity index (χ3v) is 4.35. The zero-order valence-corrected chi connectivity index (χ0v) is 12.3. The van der Waals surface area contributed by atoms with E-state index in [2.05, 4.69) is 9.71 Å². The molecule has 1 heterocycles. The molecule has 0 bridgehead atoms. The third-order valence-electron chi connectivity index (χ3n) is 2.14. The highest BCUT2D eigenvalue weighted by atomic mass is 32.2. The fourth-order valence-corrected chi connectivity index (χ4v) is 2.79. The van der Waals surface area contributed by atoms with Gasteiger partial charge in [-0.25, -0.2) is 17.9 Å². The summed E-state index contributed by atoms with van der Waals surface area (Å²) in [6, 6.07) is 1.30. The van der Waals surface area contributed by atoms with Gasteiger partial charge in [-0.3, -0.25) is 9.19 Å². The van der Waals surface area contributed by atoms with Gasteiger partial charge in [0.15, 0.2) is 0 Å². The molecule has 1 atom stereocenters. The Hall–Kier alpha value is -1.58. The molecule has 0 aliphatic rings. The molecule has 7 nitrogen and oxygen atoms in total. The van der Waals surface area contributed by atoms with Crippen molar-refractivity contribution in [2.75, 3.05) is 18.6 Å². The second-order valence-corrected chi connectivity index (χ2v) is 7.12. The topological polar surface area (TPSA) is 113 Å². The molecule has 0 saturated carbocycles. The molecule has 0 radical (unpaired) electrons. The van der Waals surface area contributed by atoms with E-state index in [9.17, 15) is 17.4 Å². The maximum atomic E-state index is 11.9. The van der Waals surface area contributed by atoms with Gasteiger partial charge in [0.2, 0.25) is 10.0 Å². The number of aromatic nitrogens is 1. The lowest BCUT2D eigenvalue weighted by Crippen LogP contribution is -2.27. The van der Waals surface area contributed by atoms with Gasteiger partial charge in [0, 0.05) is 47.8 Å². The van der Waals surface area contributed by atoms with Crippen molar-refractivity contribution in [3.63, 3.8) is 0 Å². The highest BCUT2D eigenvalue weighted by molar-refractivity contribution is 7.89. The van der Waals surface area contributed by atoms with E-state index < -0.39 is 26.8 Å². The van der Waals surface area contributed by atoms with Gasteiger partial charge in [0.05, 0.1) is 0 Å². The minimum absolute atomic E-state index is 0.0562. The van der Waals surface area contributed by atoms with Crippen LogP contribution in [0.3, 0.4) is 0 Å². The molecule has 110 valence electrons. The third kappa shape index (κ3) is 5.59. The van der Waals surface area contributed by atoms with E-state index >= 15 is 0 Å². The molecular formula is C11H14N2O5S2. The predicted molar refractivity (Wildman–Crippen MR) is 75.0 cm³/mol. The van der Waals surface area contributed by atoms with Crippen LogP contribution in [0.25, 0.3) is 6.08 Å². The zero-order valence-electron chi connectivity index (χ0n) is 10.6. The standard InChI is InChI=1S/C11H14N2O5S2/c1-19(16)5-4-13-20(17,18)10-6-9(7-12-8-10)2-3-11(14)15/h2-3,6-8,13H,4-5H2,1H3,(H,14,15)/b3-2+. The number of hydrogen-bond acceptors (Lipinski definition) is 5. The summed E-state index contributed by atoms with van der Waals surface area (Å²) in [4.78, 5) is 14.1. The fourth-order valence-electron chi connectivity index (χ4n) is 1.24. The highest BCUT2D eigenvalue weighted by Gasteiger charge is 2.14. The van der Waals surface area contributed by atoms with Crippen LogP contribution in [0, 0.1) is 0 Å². The summed E-state index contributed by atoms with van der Waals surface area (Å²) >= 11 is 0. The van der Waals surface area contributed by atoms with Gasteiger partial charge < -0.3 is 5.11 Å². The summed E-state index contributed by atoms with van der Waals surface area (Å²) in [6.45, 7) is 0.0562. The zero-order chi connectivity index (χ0) is 15.2. The maximum absolute atomic E-state index is 11.9. The second-order valence-electron chi connectivity index (χ2n) is 3.80. The second kappa shape index (κ2) is 7.27. The fraction of sp³-hybridized carbons (Fsp3) is 0.273. The van der Waals surface area contributed by atoms with Crippen LogP contribution in [-0.2, 0) is 25.6 Å². The lowest BCUT2D eigenvalue weighted by Gasteiger charge is -2.06.